The minimum Gasteiger partial charge on any atom is -0.387 e. The molecule has 2 bridgehead atoms. The van der Waals surface area contributed by atoms with Crippen LogP contribution in [0.4, 0.5) is 5.82 Å². The van der Waals surface area contributed by atoms with E-state index in [4.69, 9.17) is 10.7 Å². The average Bonchev–Trinajstić information content (AvgIpc) is 3.66. The van der Waals surface area contributed by atoms with Crippen LogP contribution in [0.15, 0.2) is 35.7 Å². The van der Waals surface area contributed by atoms with Crippen molar-refractivity contribution in [1.82, 2.24) is 39.7 Å². The van der Waals surface area contributed by atoms with Gasteiger partial charge in [-0.1, -0.05) is 19.4 Å². The van der Waals surface area contributed by atoms with Gasteiger partial charge >= 0.3 is 0 Å². The average molecular weight is 566 g/mol. The van der Waals surface area contributed by atoms with Gasteiger partial charge in [-0.15, -0.1) is 0 Å². The number of nitrogens with one attached hydrogen (secondary N) is 1. The van der Waals surface area contributed by atoms with E-state index in [1.54, 1.807) is 18.5 Å². The molecule has 4 N–H and O–H groups in total. The second-order valence-corrected chi connectivity index (χ2v) is 12.6. The second kappa shape index (κ2) is 9.93. The van der Waals surface area contributed by atoms with Crippen LogP contribution in [0.2, 0.25) is 0 Å². The molecule has 6 rings (SSSR count). The molecule has 13 nitrogen and oxygen atoms in total. The molecule has 40 heavy (non-hydrogen) atoms. The Kier molecular flexibility index (Phi) is 6.53. The maximum absolute atomic E-state index is 13.1. The first-order valence-corrected chi connectivity index (χ1v) is 15.3. The van der Waals surface area contributed by atoms with Crippen molar-refractivity contribution in [3.63, 3.8) is 0 Å². The number of sulfone groups is 1. The summed E-state index contributed by atoms with van der Waals surface area (Å²) in [5.74, 6) is -0.223. The summed E-state index contributed by atoms with van der Waals surface area (Å²) in [4.78, 5) is 28.3. The zero-order valence-corrected chi connectivity index (χ0v) is 23.0. The molecule has 1 amide bonds. The molecule has 0 saturated carbocycles. The molecule has 0 spiro atoms. The molecule has 0 aliphatic carbocycles. The van der Waals surface area contributed by atoms with Crippen LogP contribution in [0.1, 0.15) is 79.5 Å². The first kappa shape index (κ1) is 26.3. The number of aliphatic hydroxyl groups excluding tert-OH is 1. The lowest BCUT2D eigenvalue weighted by molar-refractivity contribution is 0.0556. The number of hydrogen-bond donors (Lipinski definition) is 3. The first-order chi connectivity index (χ1) is 19.2. The van der Waals surface area contributed by atoms with Gasteiger partial charge in [-0.05, 0) is 38.2 Å². The summed E-state index contributed by atoms with van der Waals surface area (Å²) in [7, 11) is -3.75. The molecule has 4 atom stereocenters. The standard InChI is InChI=1S/C26H31N9O4S/c1-3-4-20(36)19-8-5-14(11-28-19)18-12-31-35-23(27)22(40(2,38)39)21(32-25(18)35)15-9-16-6-7-17(10-15)34(16)26(37)24-29-13-30-33-24/h5,8,11-13,15-17,20,36H,3-4,6-7,9-10,27H2,1-2H3,(H,29,30,33)/t15?,16-,17+,20?. The summed E-state index contributed by atoms with van der Waals surface area (Å²) in [6.45, 7) is 2.00. The highest BCUT2D eigenvalue weighted by atomic mass is 32.2. The molecule has 2 saturated heterocycles. The van der Waals surface area contributed by atoms with Gasteiger partial charge in [0.1, 0.15) is 17.0 Å². The lowest BCUT2D eigenvalue weighted by Crippen LogP contribution is -2.46. The molecular formula is C26H31N9O4S. The molecule has 14 heteroatoms. The predicted octanol–water partition coefficient (Wildman–Crippen LogP) is 2.28. The molecule has 210 valence electrons. The summed E-state index contributed by atoms with van der Waals surface area (Å²) in [6.07, 6.45) is 9.22. The fourth-order valence-electron chi connectivity index (χ4n) is 6.22. The summed E-state index contributed by atoms with van der Waals surface area (Å²) >= 11 is 0. The Morgan fingerprint density at radius 1 is 1.20 bits per heavy atom. The number of carbonyl (C=O) groups is 1. The second-order valence-electron chi connectivity index (χ2n) is 10.7. The monoisotopic (exact) mass is 565 g/mol. The van der Waals surface area contributed by atoms with Crippen LogP contribution in [-0.2, 0) is 9.84 Å². The third kappa shape index (κ3) is 4.40. The smallest absolute Gasteiger partial charge is 0.291 e. The van der Waals surface area contributed by atoms with Crippen molar-refractivity contribution in [2.45, 2.75) is 74.4 Å². The SMILES string of the molecule is CCCC(O)c1ccc(-c2cnn3c(N)c(S(C)(=O)=O)c(C4C[C@H]5CC[C@@H](C4)N5C(=O)c4ncn[nH]4)nc23)cn1. The number of fused-ring (bicyclic) bond motifs is 3. The third-order valence-corrected chi connectivity index (χ3v) is 9.17. The highest BCUT2D eigenvalue weighted by molar-refractivity contribution is 7.91. The summed E-state index contributed by atoms with van der Waals surface area (Å²) in [5.41, 5.74) is 9.26. The van der Waals surface area contributed by atoms with Gasteiger partial charge in [-0.25, -0.2) is 18.4 Å². The fourth-order valence-corrected chi connectivity index (χ4v) is 7.28. The van der Waals surface area contributed by atoms with Gasteiger partial charge in [0.25, 0.3) is 5.91 Å². The summed E-state index contributed by atoms with van der Waals surface area (Å²) in [6, 6.07) is 3.45. The molecule has 0 aromatic carbocycles. The van der Waals surface area contributed by atoms with Crippen molar-refractivity contribution >= 4 is 27.2 Å². The van der Waals surface area contributed by atoms with Gasteiger partial charge in [0.2, 0.25) is 5.82 Å². The Bertz CT molecular complexity index is 1650. The van der Waals surface area contributed by atoms with E-state index >= 15 is 0 Å². The molecule has 2 aliphatic rings. The fraction of sp³-hybridized carbons (Fsp3) is 0.462. The minimum absolute atomic E-state index is 0.00390. The van der Waals surface area contributed by atoms with Crippen LogP contribution in [0, 0.1) is 0 Å². The number of aliphatic hydroxyl groups is 1. The molecule has 2 aliphatic heterocycles. The maximum Gasteiger partial charge on any atom is 0.291 e. The van der Waals surface area contributed by atoms with Gasteiger partial charge in [0.15, 0.2) is 15.5 Å². The number of nitrogen functional groups attached to an aromatic ring is 1. The van der Waals surface area contributed by atoms with E-state index in [0.717, 1.165) is 31.1 Å². The maximum atomic E-state index is 13.1. The number of nitrogens with two attached hydrogens (primary N) is 1. The van der Waals surface area contributed by atoms with Gasteiger partial charge < -0.3 is 15.7 Å². The van der Waals surface area contributed by atoms with Crippen LogP contribution in [-0.4, -0.2) is 77.4 Å². The third-order valence-electron chi connectivity index (χ3n) is 8.01. The van der Waals surface area contributed by atoms with Crippen LogP contribution >= 0.6 is 0 Å². The zero-order valence-electron chi connectivity index (χ0n) is 22.2. The number of H-pyrrole nitrogens is 1. The normalized spacial score (nSPS) is 21.7. The Hall–Kier alpha value is -3.91. The van der Waals surface area contributed by atoms with Crippen LogP contribution in [0.3, 0.4) is 0 Å². The predicted molar refractivity (Wildman–Crippen MR) is 145 cm³/mol. The van der Waals surface area contributed by atoms with Crippen molar-refractivity contribution in [3.8, 4) is 11.1 Å². The number of rotatable bonds is 7. The molecule has 6 heterocycles. The van der Waals surface area contributed by atoms with Crippen molar-refractivity contribution < 1.29 is 18.3 Å². The van der Waals surface area contributed by atoms with Gasteiger partial charge in [-0.3, -0.25) is 14.9 Å². The molecule has 4 aromatic heterocycles. The van der Waals surface area contributed by atoms with Gasteiger partial charge in [0, 0.05) is 41.6 Å². The van der Waals surface area contributed by atoms with Gasteiger partial charge in [-0.2, -0.15) is 14.7 Å². The van der Waals surface area contributed by atoms with Gasteiger partial charge in [0.05, 0.1) is 23.7 Å². The minimum atomic E-state index is -3.75. The molecule has 2 fully saturated rings. The number of pyridine rings is 1. The van der Waals surface area contributed by atoms with E-state index in [-0.39, 0.29) is 40.4 Å². The number of piperidine rings is 1. The zero-order chi connectivity index (χ0) is 28.2. The summed E-state index contributed by atoms with van der Waals surface area (Å²) < 4.78 is 27.4. The van der Waals surface area contributed by atoms with E-state index in [9.17, 15) is 18.3 Å². The van der Waals surface area contributed by atoms with Crippen molar-refractivity contribution in [3.05, 3.63) is 48.1 Å². The van der Waals surface area contributed by atoms with E-state index in [2.05, 4.69) is 25.3 Å². The van der Waals surface area contributed by atoms with E-state index in [1.807, 2.05) is 17.9 Å². The Morgan fingerprint density at radius 2 is 1.95 bits per heavy atom. The van der Waals surface area contributed by atoms with E-state index in [1.165, 1.54) is 10.8 Å². The van der Waals surface area contributed by atoms with Crippen molar-refractivity contribution in [2.75, 3.05) is 12.0 Å². The van der Waals surface area contributed by atoms with Crippen LogP contribution in [0.25, 0.3) is 16.8 Å². The summed E-state index contributed by atoms with van der Waals surface area (Å²) in [5, 5.41) is 21.1. The molecule has 0 radical (unpaired) electrons. The van der Waals surface area contributed by atoms with Crippen LogP contribution in [0.5, 0.6) is 0 Å². The highest BCUT2D eigenvalue weighted by Crippen LogP contribution is 2.45. The molecule has 2 unspecified atom stereocenters. The molecular weight excluding hydrogens is 534 g/mol. The van der Waals surface area contributed by atoms with Crippen LogP contribution < -0.4 is 5.73 Å². The first-order valence-electron chi connectivity index (χ1n) is 13.4. The van der Waals surface area contributed by atoms with Crippen molar-refractivity contribution in [2.24, 2.45) is 0 Å². The number of amides is 1. The number of hydrogen-bond acceptors (Lipinski definition) is 10. The molecule has 4 aromatic rings. The Labute approximate surface area is 230 Å². The Balaban J connectivity index is 1.40. The number of aromatic amines is 1. The lowest BCUT2D eigenvalue weighted by Gasteiger charge is -2.38. The van der Waals surface area contributed by atoms with E-state index in [0.29, 0.717) is 41.9 Å². The number of aromatic nitrogens is 7. The number of anilines is 1. The highest BCUT2D eigenvalue weighted by Gasteiger charge is 2.46. The van der Waals surface area contributed by atoms with E-state index < -0.39 is 15.9 Å². The Morgan fingerprint density at radius 3 is 2.55 bits per heavy atom. The van der Waals surface area contributed by atoms with Crippen molar-refractivity contribution in [1.29, 1.82) is 0 Å². The largest absolute Gasteiger partial charge is 0.387 e. The number of carbonyl (C=O) groups excluding carboxylic acids is 1. The number of nitrogens with zero attached hydrogens (tertiary/aromatic N) is 7. The topological polar surface area (TPSA) is 185 Å². The quantitative estimate of drug-likeness (QED) is 0.300. The lowest BCUT2D eigenvalue weighted by atomic mass is 9.87.